The van der Waals surface area contributed by atoms with E-state index in [1.165, 1.54) is 12.1 Å². The number of carbonyl (C=O) groups excluding carboxylic acids is 1. The zero-order chi connectivity index (χ0) is 11.1. The van der Waals surface area contributed by atoms with E-state index in [9.17, 15) is 4.79 Å². The Hall–Kier alpha value is -1.55. The van der Waals surface area contributed by atoms with Gasteiger partial charge in [0.05, 0.1) is 12.3 Å². The molecule has 0 radical (unpaired) electrons. The first-order chi connectivity index (χ1) is 7.27. The molecule has 4 heteroatoms. The number of phenols is 1. The average Bonchev–Trinajstić information content (AvgIpc) is 2.26. The second-order valence-corrected chi connectivity index (χ2v) is 3.13. The van der Waals surface area contributed by atoms with Crippen molar-refractivity contribution in [3.63, 3.8) is 0 Å². The lowest BCUT2D eigenvalue weighted by molar-refractivity contribution is -0.114. The fourth-order valence-corrected chi connectivity index (χ4v) is 1.07. The molecule has 1 N–H and O–H groups in total. The Morgan fingerprint density at radius 3 is 2.60 bits per heavy atom. The van der Waals surface area contributed by atoms with Crippen LogP contribution in [0.15, 0.2) is 24.3 Å². The number of amides is 1. The normalized spacial score (nSPS) is 9.93. The van der Waals surface area contributed by atoms with Crippen molar-refractivity contribution in [3.05, 3.63) is 24.3 Å². The molecule has 0 unspecified atom stereocenters. The van der Waals surface area contributed by atoms with Gasteiger partial charge >= 0.3 is 0 Å². The van der Waals surface area contributed by atoms with Crippen molar-refractivity contribution >= 4 is 12.1 Å². The molecule has 82 valence electrons. The molecule has 0 bridgehead atoms. The van der Waals surface area contributed by atoms with Crippen molar-refractivity contribution < 1.29 is 14.7 Å². The molecule has 0 saturated carbocycles. The number of hydroxylamine groups is 1. The Balaban J connectivity index is 2.57. The number of carbonyl (C=O) groups is 1. The quantitative estimate of drug-likeness (QED) is 0.443. The third-order valence-corrected chi connectivity index (χ3v) is 1.93. The summed E-state index contributed by atoms with van der Waals surface area (Å²) in [6.45, 7) is 2.56. The van der Waals surface area contributed by atoms with E-state index in [0.29, 0.717) is 18.7 Å². The molecule has 0 spiro atoms. The van der Waals surface area contributed by atoms with Crippen molar-refractivity contribution in [2.24, 2.45) is 0 Å². The van der Waals surface area contributed by atoms with Gasteiger partial charge in [-0.3, -0.25) is 9.63 Å². The van der Waals surface area contributed by atoms with Gasteiger partial charge in [-0.05, 0) is 30.7 Å². The van der Waals surface area contributed by atoms with Crippen LogP contribution in [-0.2, 0) is 9.63 Å². The van der Waals surface area contributed by atoms with E-state index in [-0.39, 0.29) is 5.75 Å². The fourth-order valence-electron chi connectivity index (χ4n) is 1.07. The molecule has 15 heavy (non-hydrogen) atoms. The molecule has 1 aromatic rings. The van der Waals surface area contributed by atoms with Crippen LogP contribution in [-0.4, -0.2) is 18.1 Å². The van der Waals surface area contributed by atoms with Crippen molar-refractivity contribution in [2.75, 3.05) is 11.7 Å². The van der Waals surface area contributed by atoms with Gasteiger partial charge in [-0.25, -0.2) is 0 Å². The van der Waals surface area contributed by atoms with E-state index in [0.717, 1.165) is 17.9 Å². The van der Waals surface area contributed by atoms with Crippen molar-refractivity contribution in [3.8, 4) is 5.75 Å². The molecule has 0 atom stereocenters. The smallest absolute Gasteiger partial charge is 0.238 e. The first-order valence-corrected chi connectivity index (χ1v) is 4.94. The third kappa shape index (κ3) is 3.59. The molecule has 1 amide bonds. The summed E-state index contributed by atoms with van der Waals surface area (Å²) in [5.41, 5.74) is 0.610. The highest BCUT2D eigenvalue weighted by molar-refractivity contribution is 5.72. The van der Waals surface area contributed by atoms with E-state index in [1.54, 1.807) is 12.1 Å². The Morgan fingerprint density at radius 1 is 1.40 bits per heavy atom. The number of rotatable bonds is 6. The molecule has 0 heterocycles. The van der Waals surface area contributed by atoms with Gasteiger partial charge in [0, 0.05) is 0 Å². The number of aromatic hydroxyl groups is 1. The maximum Gasteiger partial charge on any atom is 0.238 e. The summed E-state index contributed by atoms with van der Waals surface area (Å²) in [5.74, 6) is 0.165. The molecular formula is C11H15NO3. The van der Waals surface area contributed by atoms with Crippen LogP contribution in [0.4, 0.5) is 5.69 Å². The van der Waals surface area contributed by atoms with Gasteiger partial charge < -0.3 is 5.11 Å². The lowest BCUT2D eigenvalue weighted by Crippen LogP contribution is -2.21. The molecule has 0 fully saturated rings. The zero-order valence-electron chi connectivity index (χ0n) is 8.72. The van der Waals surface area contributed by atoms with E-state index >= 15 is 0 Å². The second-order valence-electron chi connectivity index (χ2n) is 3.13. The summed E-state index contributed by atoms with van der Waals surface area (Å²) in [5, 5.41) is 10.2. The van der Waals surface area contributed by atoms with Crippen LogP contribution in [0, 0.1) is 0 Å². The molecule has 4 nitrogen and oxygen atoms in total. The Labute approximate surface area is 89.0 Å². The third-order valence-electron chi connectivity index (χ3n) is 1.93. The molecule has 1 rings (SSSR count). The molecule has 0 aliphatic heterocycles. The molecule has 0 saturated heterocycles. The van der Waals surface area contributed by atoms with Gasteiger partial charge in [0.1, 0.15) is 5.75 Å². The summed E-state index contributed by atoms with van der Waals surface area (Å²) in [4.78, 5) is 16.0. The maximum absolute atomic E-state index is 10.7. The minimum atomic E-state index is 0.165. The second kappa shape index (κ2) is 6.03. The SMILES string of the molecule is CCCCON(C=O)c1ccc(O)cc1. The Bertz CT molecular complexity index is 297. The maximum atomic E-state index is 10.7. The standard InChI is InChI=1S/C11H15NO3/c1-2-3-8-15-12(9-13)10-4-6-11(14)7-5-10/h4-7,9,14H,2-3,8H2,1H3. The molecule has 0 aliphatic rings. The Morgan fingerprint density at radius 2 is 2.07 bits per heavy atom. The van der Waals surface area contributed by atoms with Crippen LogP contribution in [0.1, 0.15) is 19.8 Å². The van der Waals surface area contributed by atoms with E-state index < -0.39 is 0 Å². The number of hydrogen-bond donors (Lipinski definition) is 1. The monoisotopic (exact) mass is 209 g/mol. The minimum Gasteiger partial charge on any atom is -0.508 e. The lowest BCUT2D eigenvalue weighted by atomic mass is 10.3. The highest BCUT2D eigenvalue weighted by atomic mass is 16.7. The van der Waals surface area contributed by atoms with Gasteiger partial charge in [-0.2, -0.15) is 5.06 Å². The molecule has 1 aromatic carbocycles. The van der Waals surface area contributed by atoms with Crippen molar-refractivity contribution in [2.45, 2.75) is 19.8 Å². The highest BCUT2D eigenvalue weighted by Gasteiger charge is 2.04. The minimum absolute atomic E-state index is 0.165. The topological polar surface area (TPSA) is 49.8 Å². The van der Waals surface area contributed by atoms with Crippen LogP contribution < -0.4 is 5.06 Å². The number of phenolic OH excluding ortho intramolecular Hbond substituents is 1. The van der Waals surface area contributed by atoms with Gasteiger partial charge in [0.15, 0.2) is 0 Å². The number of hydrogen-bond acceptors (Lipinski definition) is 3. The number of nitrogens with zero attached hydrogens (tertiary/aromatic N) is 1. The van der Waals surface area contributed by atoms with Crippen LogP contribution >= 0.6 is 0 Å². The van der Waals surface area contributed by atoms with E-state index in [4.69, 9.17) is 9.94 Å². The predicted molar refractivity (Wildman–Crippen MR) is 57.5 cm³/mol. The number of benzene rings is 1. The van der Waals surface area contributed by atoms with Gasteiger partial charge in [0.2, 0.25) is 6.41 Å². The molecule has 0 aromatic heterocycles. The first-order valence-electron chi connectivity index (χ1n) is 4.94. The Kier molecular flexibility index (Phi) is 4.63. The van der Waals surface area contributed by atoms with Crippen molar-refractivity contribution in [1.29, 1.82) is 0 Å². The fraction of sp³-hybridized carbons (Fsp3) is 0.364. The summed E-state index contributed by atoms with van der Waals surface area (Å²) >= 11 is 0. The molecular weight excluding hydrogens is 194 g/mol. The molecule has 0 aliphatic carbocycles. The highest BCUT2D eigenvalue weighted by Crippen LogP contribution is 2.17. The van der Waals surface area contributed by atoms with Crippen molar-refractivity contribution in [1.82, 2.24) is 0 Å². The van der Waals surface area contributed by atoms with E-state index in [2.05, 4.69) is 6.92 Å². The summed E-state index contributed by atoms with van der Waals surface area (Å²) in [6, 6.07) is 6.26. The summed E-state index contributed by atoms with van der Waals surface area (Å²) in [6.07, 6.45) is 2.53. The van der Waals surface area contributed by atoms with E-state index in [1.807, 2.05) is 0 Å². The van der Waals surface area contributed by atoms with Crippen LogP contribution in [0.5, 0.6) is 5.75 Å². The first kappa shape index (κ1) is 11.5. The largest absolute Gasteiger partial charge is 0.508 e. The van der Waals surface area contributed by atoms with Gasteiger partial charge in [-0.1, -0.05) is 13.3 Å². The zero-order valence-corrected chi connectivity index (χ0v) is 8.72. The number of anilines is 1. The lowest BCUT2D eigenvalue weighted by Gasteiger charge is -2.16. The summed E-state index contributed by atoms with van der Waals surface area (Å²) < 4.78 is 0. The van der Waals surface area contributed by atoms with Crippen LogP contribution in [0.3, 0.4) is 0 Å². The van der Waals surface area contributed by atoms with Gasteiger partial charge in [-0.15, -0.1) is 0 Å². The van der Waals surface area contributed by atoms with Crippen LogP contribution in [0.25, 0.3) is 0 Å². The van der Waals surface area contributed by atoms with Gasteiger partial charge in [0.25, 0.3) is 0 Å². The predicted octanol–water partition coefficient (Wildman–Crippen LogP) is 2.09. The number of unbranched alkanes of at least 4 members (excludes halogenated alkanes) is 1. The average molecular weight is 209 g/mol. The summed E-state index contributed by atoms with van der Waals surface area (Å²) in [7, 11) is 0. The van der Waals surface area contributed by atoms with Crippen LogP contribution in [0.2, 0.25) is 0 Å².